The highest BCUT2D eigenvalue weighted by molar-refractivity contribution is 8.02. The molecule has 220 valence electrons. The predicted molar refractivity (Wildman–Crippen MR) is 158 cm³/mol. The summed E-state index contributed by atoms with van der Waals surface area (Å²) in [7, 11) is 0. The van der Waals surface area contributed by atoms with Gasteiger partial charge in [0, 0.05) is 47.0 Å². The second-order valence-electron chi connectivity index (χ2n) is 9.96. The molecule has 5 rings (SSSR count). The van der Waals surface area contributed by atoms with Crippen LogP contribution in [0.15, 0.2) is 53.7 Å². The van der Waals surface area contributed by atoms with E-state index in [1.165, 1.54) is 24.0 Å². The first kappa shape index (κ1) is 29.5. The summed E-state index contributed by atoms with van der Waals surface area (Å²) < 4.78 is 21.3. The van der Waals surface area contributed by atoms with Crippen LogP contribution in [0, 0.1) is 5.82 Å². The number of likely N-dealkylation sites (tertiary alicyclic amines) is 1. The van der Waals surface area contributed by atoms with Crippen molar-refractivity contribution in [3.05, 3.63) is 75.7 Å². The van der Waals surface area contributed by atoms with Gasteiger partial charge < -0.3 is 30.2 Å². The second-order valence-corrected chi connectivity index (χ2v) is 11.2. The van der Waals surface area contributed by atoms with Gasteiger partial charge in [0.1, 0.15) is 24.2 Å². The molecule has 3 N–H and O–H groups in total. The Balaban J connectivity index is 1.26. The molecule has 0 bridgehead atoms. The number of rotatable bonds is 9. The highest BCUT2D eigenvalue weighted by atomic mass is 35.5. The molecule has 1 fully saturated rings. The van der Waals surface area contributed by atoms with E-state index in [-0.39, 0.29) is 47.0 Å². The lowest BCUT2D eigenvalue weighted by Crippen LogP contribution is -2.46. The van der Waals surface area contributed by atoms with Gasteiger partial charge in [-0.05, 0) is 49.4 Å². The molecule has 2 aliphatic rings. The van der Waals surface area contributed by atoms with Crippen molar-refractivity contribution >= 4 is 58.0 Å². The van der Waals surface area contributed by atoms with Gasteiger partial charge in [0.05, 0.1) is 17.4 Å². The normalized spacial score (nSPS) is 16.2. The van der Waals surface area contributed by atoms with Gasteiger partial charge in [0.2, 0.25) is 11.8 Å². The van der Waals surface area contributed by atoms with Gasteiger partial charge in [-0.2, -0.15) is 0 Å². The first-order valence-electron chi connectivity index (χ1n) is 13.4. The summed E-state index contributed by atoms with van der Waals surface area (Å²) in [6.07, 6.45) is 2.09. The number of hydrogen-bond acceptors (Lipinski definition) is 7. The number of benzene rings is 2. The molecule has 0 spiro atoms. The van der Waals surface area contributed by atoms with E-state index in [1.807, 2.05) is 5.41 Å². The van der Waals surface area contributed by atoms with Crippen molar-refractivity contribution in [3.8, 4) is 5.75 Å². The van der Waals surface area contributed by atoms with E-state index < -0.39 is 18.0 Å². The van der Waals surface area contributed by atoms with Gasteiger partial charge in [-0.15, -0.1) is 11.8 Å². The number of ether oxygens (including phenoxy) is 1. The number of aromatic nitrogens is 1. The van der Waals surface area contributed by atoms with Gasteiger partial charge in [0.25, 0.3) is 0 Å². The molecule has 2 aromatic carbocycles. The number of Topliss-reactive ketones (excluding diaryl/α,β-unsaturated/α-hetero) is 1. The van der Waals surface area contributed by atoms with E-state index >= 15 is 0 Å². The van der Waals surface area contributed by atoms with E-state index in [0.29, 0.717) is 42.4 Å². The average Bonchev–Trinajstić information content (AvgIpc) is 3.73. The third-order valence-electron chi connectivity index (χ3n) is 7.14. The maximum atomic E-state index is 14.2. The minimum Gasteiger partial charge on any atom is -0.410 e. The summed E-state index contributed by atoms with van der Waals surface area (Å²) in [6, 6.07) is 8.75. The van der Waals surface area contributed by atoms with Gasteiger partial charge in [0.15, 0.2) is 5.78 Å². The van der Waals surface area contributed by atoms with Crippen LogP contribution in [-0.4, -0.2) is 58.2 Å². The van der Waals surface area contributed by atoms with Crippen LogP contribution in [0.2, 0.25) is 5.02 Å². The summed E-state index contributed by atoms with van der Waals surface area (Å²) in [6.45, 7) is 1.98. The van der Waals surface area contributed by atoms with Crippen molar-refractivity contribution in [3.63, 3.8) is 0 Å². The Morgan fingerprint density at radius 2 is 2.00 bits per heavy atom. The fourth-order valence-corrected chi connectivity index (χ4v) is 5.96. The fourth-order valence-electron chi connectivity index (χ4n) is 5.04. The number of carbonyl (C=O) groups is 4. The zero-order chi connectivity index (χ0) is 29.8. The smallest absolute Gasteiger partial charge is 0.410 e. The summed E-state index contributed by atoms with van der Waals surface area (Å²) in [5, 5.41) is 11.0. The number of nitrogens with zero attached hydrogens (tertiary/aromatic N) is 2. The summed E-state index contributed by atoms with van der Waals surface area (Å²) in [5.74, 6) is -0.459. The minimum atomic E-state index is -0.693. The monoisotopic (exact) mass is 613 g/mol. The Bertz CT molecular complexity index is 1590. The van der Waals surface area contributed by atoms with Crippen molar-refractivity contribution in [2.24, 2.45) is 0 Å². The third-order valence-corrected chi connectivity index (χ3v) is 8.19. The Hall–Kier alpha value is -4.03. The van der Waals surface area contributed by atoms with Crippen molar-refractivity contribution < 1.29 is 28.3 Å². The molecule has 3 aromatic rings. The quantitative estimate of drug-likeness (QED) is 0.310. The molecule has 13 heteroatoms. The third kappa shape index (κ3) is 6.55. The number of hydrogen-bond donors (Lipinski definition) is 3. The van der Waals surface area contributed by atoms with Crippen LogP contribution in [0.3, 0.4) is 0 Å². The Kier molecular flexibility index (Phi) is 9.03. The molecular weight excluding hydrogens is 585 g/mol. The SMILES string of the molecule is CC(=O)c1cn(CC(=O)N2CCC[C@H]2C(=O)NCc2cccc(Cl)c2F)c2ccc(OC(=O)NCC3=CSCN3)cc12. The largest absolute Gasteiger partial charge is 0.412 e. The van der Waals surface area contributed by atoms with Crippen LogP contribution in [0.5, 0.6) is 5.75 Å². The van der Waals surface area contributed by atoms with Crippen LogP contribution in [0.1, 0.15) is 35.7 Å². The highest BCUT2D eigenvalue weighted by Gasteiger charge is 2.34. The molecule has 42 heavy (non-hydrogen) atoms. The van der Waals surface area contributed by atoms with Crippen LogP contribution < -0.4 is 20.7 Å². The molecule has 0 aliphatic carbocycles. The predicted octanol–water partition coefficient (Wildman–Crippen LogP) is 4.17. The van der Waals surface area contributed by atoms with Crippen molar-refractivity contribution in [2.75, 3.05) is 19.0 Å². The molecule has 2 aliphatic heterocycles. The van der Waals surface area contributed by atoms with E-state index in [9.17, 15) is 23.6 Å². The molecule has 0 unspecified atom stereocenters. The number of halogens is 2. The Morgan fingerprint density at radius 3 is 2.76 bits per heavy atom. The number of amides is 3. The first-order valence-corrected chi connectivity index (χ1v) is 14.8. The Morgan fingerprint density at radius 1 is 1.17 bits per heavy atom. The van der Waals surface area contributed by atoms with Gasteiger partial charge >= 0.3 is 6.09 Å². The highest BCUT2D eigenvalue weighted by Crippen LogP contribution is 2.28. The second kappa shape index (κ2) is 12.9. The zero-order valence-corrected chi connectivity index (χ0v) is 24.3. The van der Waals surface area contributed by atoms with Crippen LogP contribution >= 0.6 is 23.4 Å². The number of nitrogens with one attached hydrogen (secondary N) is 3. The topological polar surface area (TPSA) is 122 Å². The van der Waals surface area contributed by atoms with Crippen molar-refractivity contribution in [1.29, 1.82) is 0 Å². The number of fused-ring (bicyclic) bond motifs is 1. The summed E-state index contributed by atoms with van der Waals surface area (Å²) in [5.41, 5.74) is 2.13. The lowest BCUT2D eigenvalue weighted by Gasteiger charge is -2.24. The molecule has 1 saturated heterocycles. The fraction of sp³-hybridized carbons (Fsp3) is 0.310. The van der Waals surface area contributed by atoms with Gasteiger partial charge in [-0.25, -0.2) is 9.18 Å². The van der Waals surface area contributed by atoms with Crippen LogP contribution in [0.25, 0.3) is 10.9 Å². The minimum absolute atomic E-state index is 0.0285. The number of carbonyl (C=O) groups excluding carboxylic acids is 4. The molecule has 1 atom stereocenters. The lowest BCUT2D eigenvalue weighted by molar-refractivity contribution is -0.138. The first-order chi connectivity index (χ1) is 20.2. The standard InChI is InChI=1S/C29H29ClFN5O5S/c1-17(37)22-13-35(24-8-7-20(10-21(22)24)41-29(40)33-12-19-15-42-16-34-19)14-26(38)36-9-3-6-25(36)28(39)32-11-18-4-2-5-23(30)27(18)31/h2,4-5,7-8,10,13,15,25,34H,3,6,9,11-12,14,16H2,1H3,(H,32,39)(H,33,40)/t25-/m0/s1. The average molecular weight is 614 g/mol. The van der Waals surface area contributed by atoms with E-state index in [1.54, 1.807) is 46.8 Å². The molecule has 3 heterocycles. The molecule has 10 nitrogen and oxygen atoms in total. The number of ketones is 1. The zero-order valence-electron chi connectivity index (χ0n) is 22.7. The molecule has 0 radical (unpaired) electrons. The number of thioether (sulfide) groups is 1. The van der Waals surface area contributed by atoms with E-state index in [4.69, 9.17) is 16.3 Å². The summed E-state index contributed by atoms with van der Waals surface area (Å²) in [4.78, 5) is 52.6. The van der Waals surface area contributed by atoms with Crippen molar-refractivity contribution in [2.45, 2.75) is 38.9 Å². The maximum Gasteiger partial charge on any atom is 0.412 e. The van der Waals surface area contributed by atoms with Crippen molar-refractivity contribution in [1.82, 2.24) is 25.4 Å². The maximum absolute atomic E-state index is 14.2. The van der Waals surface area contributed by atoms with Crippen LogP contribution in [0.4, 0.5) is 9.18 Å². The lowest BCUT2D eigenvalue weighted by atomic mass is 10.1. The molecular formula is C29H29ClFN5O5S. The Labute approximate surface area is 250 Å². The molecule has 0 saturated carbocycles. The summed E-state index contributed by atoms with van der Waals surface area (Å²) >= 11 is 7.43. The van der Waals surface area contributed by atoms with Gasteiger partial charge in [-0.1, -0.05) is 23.7 Å². The van der Waals surface area contributed by atoms with Gasteiger partial charge in [-0.3, -0.25) is 14.4 Å². The molecule has 3 amide bonds. The van der Waals surface area contributed by atoms with E-state index in [0.717, 1.165) is 11.6 Å². The van der Waals surface area contributed by atoms with E-state index in [2.05, 4.69) is 16.0 Å². The molecule has 1 aromatic heterocycles. The van der Waals surface area contributed by atoms with Crippen LogP contribution in [-0.2, 0) is 22.7 Å².